The van der Waals surface area contributed by atoms with Crippen LogP contribution in [0.4, 0.5) is 0 Å². The summed E-state index contributed by atoms with van der Waals surface area (Å²) in [5.74, 6) is 0.787. The molecular weight excluding hydrogens is 320 g/mol. The lowest BCUT2D eigenvalue weighted by atomic mass is 10.1. The van der Waals surface area contributed by atoms with Gasteiger partial charge in [-0.2, -0.15) is 0 Å². The molecule has 1 aromatic carbocycles. The minimum Gasteiger partial charge on any atom is -0.497 e. The van der Waals surface area contributed by atoms with Gasteiger partial charge in [0.2, 0.25) is 0 Å². The van der Waals surface area contributed by atoms with Gasteiger partial charge in [0.25, 0.3) is 5.91 Å². The molecule has 0 bridgehead atoms. The van der Waals surface area contributed by atoms with Gasteiger partial charge < -0.3 is 9.64 Å². The number of aryl methyl sites for hydroxylation is 1. The highest BCUT2D eigenvalue weighted by Crippen LogP contribution is 2.23. The lowest BCUT2D eigenvalue weighted by molar-refractivity contribution is 0.0753. The van der Waals surface area contributed by atoms with E-state index in [2.05, 4.69) is 11.1 Å². The molecule has 0 unspecified atom stereocenters. The van der Waals surface area contributed by atoms with Crippen molar-refractivity contribution in [2.24, 2.45) is 0 Å². The zero-order chi connectivity index (χ0) is 17.1. The molecule has 1 amide bonds. The van der Waals surface area contributed by atoms with Crippen molar-refractivity contribution in [1.82, 2.24) is 9.88 Å². The number of fused-ring (bicyclic) bond motifs is 1. The van der Waals surface area contributed by atoms with Crippen LogP contribution in [0.15, 0.2) is 41.8 Å². The Bertz CT molecular complexity index is 859. The van der Waals surface area contributed by atoms with Crippen LogP contribution in [0, 0.1) is 6.92 Å². The predicted octanol–water partition coefficient (Wildman–Crippen LogP) is 4.28. The van der Waals surface area contributed by atoms with E-state index in [9.17, 15) is 4.79 Å². The number of ether oxygens (including phenoxy) is 1. The summed E-state index contributed by atoms with van der Waals surface area (Å²) >= 11 is 1.67. The molecule has 0 saturated carbocycles. The van der Waals surface area contributed by atoms with Crippen LogP contribution < -0.4 is 4.74 Å². The standard InChI is InChI=1S/C19H20N2O2S/c1-4-21(12-16-6-5-9-24-16)19(22)17-10-14-7-8-15(23-3)11-18(14)20-13(17)2/h5-11H,4,12H2,1-3H3. The smallest absolute Gasteiger partial charge is 0.256 e. The van der Waals surface area contributed by atoms with Crippen LogP contribution in [0.3, 0.4) is 0 Å². The molecule has 2 heterocycles. The second-order valence-corrected chi connectivity index (χ2v) is 6.61. The van der Waals surface area contributed by atoms with Crippen LogP contribution in [0.2, 0.25) is 0 Å². The second-order valence-electron chi connectivity index (χ2n) is 5.58. The molecule has 4 nitrogen and oxygen atoms in total. The maximum absolute atomic E-state index is 13.0. The third-order valence-corrected chi connectivity index (χ3v) is 4.90. The molecule has 0 spiro atoms. The van der Waals surface area contributed by atoms with Gasteiger partial charge in [-0.15, -0.1) is 11.3 Å². The second kappa shape index (κ2) is 7.01. The monoisotopic (exact) mass is 340 g/mol. The SMILES string of the molecule is CCN(Cc1cccs1)C(=O)c1cc2ccc(OC)cc2nc1C. The van der Waals surface area contributed by atoms with Crippen molar-refractivity contribution in [3.05, 3.63) is 57.9 Å². The van der Waals surface area contributed by atoms with Crippen LogP contribution in [0.5, 0.6) is 5.75 Å². The van der Waals surface area contributed by atoms with E-state index in [0.29, 0.717) is 18.7 Å². The first-order chi connectivity index (χ1) is 11.6. The number of amides is 1. The first-order valence-corrected chi connectivity index (χ1v) is 8.77. The van der Waals surface area contributed by atoms with Gasteiger partial charge in [0.05, 0.1) is 30.4 Å². The molecule has 0 aliphatic carbocycles. The zero-order valence-corrected chi connectivity index (χ0v) is 14.9. The van der Waals surface area contributed by atoms with E-state index in [1.54, 1.807) is 18.4 Å². The van der Waals surface area contributed by atoms with Crippen molar-refractivity contribution in [2.45, 2.75) is 20.4 Å². The number of pyridine rings is 1. The maximum atomic E-state index is 13.0. The van der Waals surface area contributed by atoms with E-state index >= 15 is 0 Å². The first kappa shape index (κ1) is 16.5. The summed E-state index contributed by atoms with van der Waals surface area (Å²) in [5.41, 5.74) is 2.24. The summed E-state index contributed by atoms with van der Waals surface area (Å²) in [7, 11) is 1.63. The number of hydrogen-bond acceptors (Lipinski definition) is 4. The fourth-order valence-corrected chi connectivity index (χ4v) is 3.39. The minimum atomic E-state index is 0.0219. The molecule has 0 aliphatic heterocycles. The summed E-state index contributed by atoms with van der Waals surface area (Å²) in [4.78, 5) is 20.6. The summed E-state index contributed by atoms with van der Waals surface area (Å²) in [6.45, 7) is 5.18. The van der Waals surface area contributed by atoms with Crippen molar-refractivity contribution < 1.29 is 9.53 Å². The topological polar surface area (TPSA) is 42.4 Å². The number of aromatic nitrogens is 1. The molecule has 24 heavy (non-hydrogen) atoms. The summed E-state index contributed by atoms with van der Waals surface area (Å²) in [6, 6.07) is 11.7. The van der Waals surface area contributed by atoms with Gasteiger partial charge in [-0.25, -0.2) is 0 Å². The van der Waals surface area contributed by atoms with Crippen molar-refractivity contribution in [3.8, 4) is 5.75 Å². The molecule has 0 aliphatic rings. The number of carbonyl (C=O) groups is 1. The molecule has 0 N–H and O–H groups in total. The molecule has 5 heteroatoms. The predicted molar refractivity (Wildman–Crippen MR) is 97.8 cm³/mol. The Morgan fingerprint density at radius 3 is 2.79 bits per heavy atom. The molecule has 0 saturated heterocycles. The van der Waals surface area contributed by atoms with Crippen LogP contribution >= 0.6 is 11.3 Å². The lowest BCUT2D eigenvalue weighted by Gasteiger charge is -2.21. The van der Waals surface area contributed by atoms with Gasteiger partial charge in [0, 0.05) is 22.9 Å². The third kappa shape index (κ3) is 3.26. The highest BCUT2D eigenvalue weighted by molar-refractivity contribution is 7.09. The van der Waals surface area contributed by atoms with Crippen molar-refractivity contribution in [1.29, 1.82) is 0 Å². The van der Waals surface area contributed by atoms with Gasteiger partial charge >= 0.3 is 0 Å². The highest BCUT2D eigenvalue weighted by atomic mass is 32.1. The zero-order valence-electron chi connectivity index (χ0n) is 14.1. The fraction of sp³-hybridized carbons (Fsp3) is 0.263. The van der Waals surface area contributed by atoms with E-state index in [4.69, 9.17) is 4.74 Å². The average molecular weight is 340 g/mol. The van der Waals surface area contributed by atoms with Crippen LogP contribution in [0.25, 0.3) is 10.9 Å². The molecule has 0 atom stereocenters. The number of benzene rings is 1. The van der Waals surface area contributed by atoms with Crippen molar-refractivity contribution in [2.75, 3.05) is 13.7 Å². The van der Waals surface area contributed by atoms with Crippen molar-refractivity contribution >= 4 is 28.1 Å². The van der Waals surface area contributed by atoms with Gasteiger partial charge in [-0.3, -0.25) is 9.78 Å². The highest BCUT2D eigenvalue weighted by Gasteiger charge is 2.18. The Kier molecular flexibility index (Phi) is 4.81. The van der Waals surface area contributed by atoms with Gasteiger partial charge in [-0.05, 0) is 43.5 Å². The van der Waals surface area contributed by atoms with E-state index in [-0.39, 0.29) is 5.91 Å². The fourth-order valence-electron chi connectivity index (χ4n) is 2.67. The molecule has 2 aromatic heterocycles. The van der Waals surface area contributed by atoms with E-state index < -0.39 is 0 Å². The first-order valence-electron chi connectivity index (χ1n) is 7.89. The van der Waals surface area contributed by atoms with Crippen LogP contribution in [-0.4, -0.2) is 29.4 Å². The normalized spacial score (nSPS) is 10.8. The minimum absolute atomic E-state index is 0.0219. The van der Waals surface area contributed by atoms with E-state index in [1.807, 2.05) is 54.5 Å². The molecule has 3 aromatic rings. The van der Waals surface area contributed by atoms with Gasteiger partial charge in [0.15, 0.2) is 0 Å². The molecule has 0 radical (unpaired) electrons. The van der Waals surface area contributed by atoms with Crippen LogP contribution in [-0.2, 0) is 6.54 Å². The number of thiophene rings is 1. The summed E-state index contributed by atoms with van der Waals surface area (Å²) in [6.07, 6.45) is 0. The molecular formula is C19H20N2O2S. The Morgan fingerprint density at radius 2 is 2.12 bits per heavy atom. The van der Waals surface area contributed by atoms with Crippen LogP contribution in [0.1, 0.15) is 27.9 Å². The number of rotatable bonds is 5. The number of nitrogens with zero attached hydrogens (tertiary/aromatic N) is 2. The average Bonchev–Trinajstić information content (AvgIpc) is 3.11. The number of methoxy groups -OCH3 is 1. The Morgan fingerprint density at radius 1 is 1.29 bits per heavy atom. The Balaban J connectivity index is 1.94. The Hall–Kier alpha value is -2.40. The van der Waals surface area contributed by atoms with Crippen molar-refractivity contribution in [3.63, 3.8) is 0 Å². The Labute approximate surface area is 145 Å². The lowest BCUT2D eigenvalue weighted by Crippen LogP contribution is -2.30. The molecule has 124 valence electrons. The summed E-state index contributed by atoms with van der Waals surface area (Å²) < 4.78 is 5.24. The number of hydrogen-bond donors (Lipinski definition) is 0. The third-order valence-electron chi connectivity index (χ3n) is 4.04. The number of carbonyl (C=O) groups excluding carboxylic acids is 1. The van der Waals surface area contributed by atoms with E-state index in [1.165, 1.54) is 4.88 Å². The molecule has 0 fully saturated rings. The quantitative estimate of drug-likeness (QED) is 0.696. The van der Waals surface area contributed by atoms with E-state index in [0.717, 1.165) is 22.3 Å². The largest absolute Gasteiger partial charge is 0.497 e. The maximum Gasteiger partial charge on any atom is 0.256 e. The summed E-state index contributed by atoms with van der Waals surface area (Å²) in [5, 5.41) is 2.97. The molecule has 3 rings (SSSR count). The van der Waals surface area contributed by atoms with Gasteiger partial charge in [0.1, 0.15) is 5.75 Å². The van der Waals surface area contributed by atoms with Gasteiger partial charge in [-0.1, -0.05) is 6.07 Å².